The highest BCUT2D eigenvalue weighted by Gasteiger charge is 2.29. The summed E-state index contributed by atoms with van der Waals surface area (Å²) in [4.78, 5) is 26.6. The van der Waals surface area contributed by atoms with Crippen LogP contribution in [0.15, 0.2) is 43.0 Å². The van der Waals surface area contributed by atoms with Crippen molar-refractivity contribution in [3.63, 3.8) is 0 Å². The summed E-state index contributed by atoms with van der Waals surface area (Å²) in [5.41, 5.74) is 4.41. The van der Waals surface area contributed by atoms with Crippen molar-refractivity contribution in [1.29, 1.82) is 0 Å². The molecule has 2 N–H and O–H groups in total. The SMILES string of the molecule is C=C(NCC1CC1)c1ccc(C)c(-c2nc(N3CCC(N4CCC(C)CC4)CC3)nc(NC=O)c2/C=C\c2c(F)cccc2F)c1. The molecule has 46 heavy (non-hydrogen) atoms. The molecule has 1 amide bonds. The van der Waals surface area contributed by atoms with Gasteiger partial charge in [0.05, 0.1) is 5.69 Å². The Hall–Kier alpha value is -4.11. The summed E-state index contributed by atoms with van der Waals surface area (Å²) >= 11 is 0. The molecule has 242 valence electrons. The molecule has 0 bridgehead atoms. The van der Waals surface area contributed by atoms with Gasteiger partial charge in [-0.05, 0) is 112 Å². The molecule has 3 aromatic rings. The van der Waals surface area contributed by atoms with Crippen LogP contribution in [0.3, 0.4) is 0 Å². The standard InChI is InChI=1S/C37H44F2N6O/c1-24-13-17-44(18-14-24)29-15-19-45(20-16-29)37-42-35(32-21-28(10-7-25(32)2)26(3)40-22-27-8-9-27)31(36(43-37)41-23-46)12-11-30-33(38)5-4-6-34(30)39/h4-7,10-12,21,23-24,27,29,40H,3,8-9,13-20,22H2,1-2H3,(H,41,42,43,46)/b12-11-. The average Bonchev–Trinajstić information content (AvgIpc) is 3.89. The molecule has 0 unspecified atom stereocenters. The minimum absolute atomic E-state index is 0.174. The number of piperidine rings is 2. The molecule has 6 rings (SSSR count). The summed E-state index contributed by atoms with van der Waals surface area (Å²) in [5, 5.41) is 6.22. The van der Waals surface area contributed by atoms with Gasteiger partial charge in [-0.15, -0.1) is 0 Å². The Bertz CT molecular complexity index is 1580. The first-order valence-corrected chi connectivity index (χ1v) is 16.6. The van der Waals surface area contributed by atoms with Crippen LogP contribution in [-0.2, 0) is 4.79 Å². The lowest BCUT2D eigenvalue weighted by atomic mass is 9.95. The van der Waals surface area contributed by atoms with Gasteiger partial charge in [0.2, 0.25) is 12.4 Å². The van der Waals surface area contributed by atoms with Crippen LogP contribution in [0.25, 0.3) is 29.1 Å². The van der Waals surface area contributed by atoms with Crippen LogP contribution >= 0.6 is 0 Å². The number of likely N-dealkylation sites (tertiary alicyclic amines) is 1. The number of anilines is 2. The van der Waals surface area contributed by atoms with Crippen molar-refractivity contribution in [3.8, 4) is 11.3 Å². The molecule has 0 spiro atoms. The van der Waals surface area contributed by atoms with E-state index in [2.05, 4.69) is 33.9 Å². The van der Waals surface area contributed by atoms with E-state index in [-0.39, 0.29) is 11.4 Å². The van der Waals surface area contributed by atoms with Gasteiger partial charge in [0.25, 0.3) is 0 Å². The number of amides is 1. The molecule has 2 saturated heterocycles. The maximum atomic E-state index is 14.6. The van der Waals surface area contributed by atoms with Crippen LogP contribution in [-0.4, -0.2) is 60.0 Å². The van der Waals surface area contributed by atoms with E-state index in [9.17, 15) is 13.6 Å². The van der Waals surface area contributed by atoms with Crippen molar-refractivity contribution in [1.82, 2.24) is 20.2 Å². The lowest BCUT2D eigenvalue weighted by molar-refractivity contribution is -0.105. The molecule has 0 atom stereocenters. The number of carbonyl (C=O) groups excluding carboxylic acids is 1. The predicted octanol–water partition coefficient (Wildman–Crippen LogP) is 7.14. The van der Waals surface area contributed by atoms with Crippen LogP contribution < -0.4 is 15.5 Å². The van der Waals surface area contributed by atoms with Gasteiger partial charge in [-0.2, -0.15) is 4.98 Å². The minimum atomic E-state index is -0.678. The van der Waals surface area contributed by atoms with Crippen LogP contribution in [0.1, 0.15) is 67.7 Å². The van der Waals surface area contributed by atoms with Crippen molar-refractivity contribution in [2.75, 3.05) is 42.9 Å². The number of aryl methyl sites for hydroxylation is 1. The van der Waals surface area contributed by atoms with Crippen molar-refractivity contribution in [2.45, 2.75) is 58.4 Å². The first kappa shape index (κ1) is 31.9. The van der Waals surface area contributed by atoms with Crippen LogP contribution in [0, 0.1) is 30.4 Å². The lowest BCUT2D eigenvalue weighted by Crippen LogP contribution is -2.48. The van der Waals surface area contributed by atoms with Crippen molar-refractivity contribution >= 4 is 36.0 Å². The molecular formula is C37H44F2N6O. The summed E-state index contributed by atoms with van der Waals surface area (Å²) in [6.45, 7) is 13.4. The third-order valence-corrected chi connectivity index (χ3v) is 9.77. The molecule has 2 aromatic carbocycles. The zero-order valence-electron chi connectivity index (χ0n) is 26.9. The summed E-state index contributed by atoms with van der Waals surface area (Å²) in [7, 11) is 0. The number of carbonyl (C=O) groups is 1. The van der Waals surface area contributed by atoms with E-state index in [1.165, 1.54) is 50.0 Å². The Labute approximate surface area is 270 Å². The minimum Gasteiger partial charge on any atom is -0.385 e. The monoisotopic (exact) mass is 626 g/mol. The van der Waals surface area contributed by atoms with E-state index < -0.39 is 11.6 Å². The Morgan fingerprint density at radius 2 is 1.65 bits per heavy atom. The average molecular weight is 627 g/mol. The topological polar surface area (TPSA) is 73.4 Å². The third kappa shape index (κ3) is 7.30. The number of halogens is 2. The Kier molecular flexibility index (Phi) is 9.78. The largest absolute Gasteiger partial charge is 0.385 e. The quantitative estimate of drug-likeness (QED) is 0.221. The molecule has 2 aliphatic heterocycles. The van der Waals surface area contributed by atoms with Gasteiger partial charge < -0.3 is 20.4 Å². The smallest absolute Gasteiger partial charge is 0.227 e. The Morgan fingerprint density at radius 1 is 0.957 bits per heavy atom. The molecule has 1 aliphatic carbocycles. The lowest BCUT2D eigenvalue weighted by Gasteiger charge is -2.41. The summed E-state index contributed by atoms with van der Waals surface area (Å²) in [6.07, 6.45) is 10.5. The summed E-state index contributed by atoms with van der Waals surface area (Å²) in [6, 6.07) is 10.4. The first-order valence-electron chi connectivity index (χ1n) is 16.6. The summed E-state index contributed by atoms with van der Waals surface area (Å²) in [5.74, 6) is 0.939. The normalized spacial score (nSPS) is 18.2. The highest BCUT2D eigenvalue weighted by atomic mass is 19.1. The van der Waals surface area contributed by atoms with E-state index >= 15 is 0 Å². The van der Waals surface area contributed by atoms with Crippen LogP contribution in [0.2, 0.25) is 0 Å². The summed E-state index contributed by atoms with van der Waals surface area (Å²) < 4.78 is 29.3. The van der Waals surface area contributed by atoms with E-state index in [1.54, 1.807) is 6.08 Å². The second-order valence-electron chi connectivity index (χ2n) is 13.1. The van der Waals surface area contributed by atoms with Gasteiger partial charge in [0.1, 0.15) is 17.5 Å². The maximum Gasteiger partial charge on any atom is 0.227 e. The number of aromatic nitrogens is 2. The predicted molar refractivity (Wildman–Crippen MR) is 182 cm³/mol. The molecular weight excluding hydrogens is 582 g/mol. The molecule has 9 heteroatoms. The van der Waals surface area contributed by atoms with Gasteiger partial charge in [-0.25, -0.2) is 13.8 Å². The molecule has 3 aliphatic rings. The van der Waals surface area contributed by atoms with Gasteiger partial charge in [0, 0.05) is 48.1 Å². The fourth-order valence-electron chi connectivity index (χ4n) is 6.55. The number of rotatable bonds is 11. The molecule has 1 aromatic heterocycles. The second kappa shape index (κ2) is 14.1. The van der Waals surface area contributed by atoms with E-state index in [0.717, 1.165) is 73.9 Å². The second-order valence-corrected chi connectivity index (χ2v) is 13.1. The number of hydrogen-bond donors (Lipinski definition) is 2. The van der Waals surface area contributed by atoms with Gasteiger partial charge in [-0.3, -0.25) is 4.79 Å². The third-order valence-electron chi connectivity index (χ3n) is 9.77. The number of benzene rings is 2. The van der Waals surface area contributed by atoms with Crippen LogP contribution in [0.4, 0.5) is 20.5 Å². The fourth-order valence-corrected chi connectivity index (χ4v) is 6.55. The number of nitrogens with one attached hydrogen (secondary N) is 2. The van der Waals surface area contributed by atoms with E-state index in [0.29, 0.717) is 35.6 Å². The Balaban J connectivity index is 1.38. The zero-order valence-corrected chi connectivity index (χ0v) is 26.9. The molecule has 3 heterocycles. The van der Waals surface area contributed by atoms with Crippen molar-refractivity contribution < 1.29 is 13.6 Å². The van der Waals surface area contributed by atoms with Gasteiger partial charge >= 0.3 is 0 Å². The van der Waals surface area contributed by atoms with Gasteiger partial charge in [-0.1, -0.05) is 31.7 Å². The highest BCUT2D eigenvalue weighted by molar-refractivity contribution is 5.89. The molecule has 0 radical (unpaired) electrons. The Morgan fingerprint density at radius 3 is 2.33 bits per heavy atom. The van der Waals surface area contributed by atoms with E-state index in [4.69, 9.17) is 9.97 Å². The first-order chi connectivity index (χ1) is 22.3. The highest BCUT2D eigenvalue weighted by Crippen LogP contribution is 2.36. The number of hydrogen-bond acceptors (Lipinski definition) is 6. The zero-order chi connectivity index (χ0) is 32.2. The molecule has 7 nitrogen and oxygen atoms in total. The maximum absolute atomic E-state index is 14.6. The number of nitrogens with zero attached hydrogens (tertiary/aromatic N) is 4. The van der Waals surface area contributed by atoms with Crippen molar-refractivity contribution in [2.24, 2.45) is 11.8 Å². The van der Waals surface area contributed by atoms with Crippen LogP contribution in [0.5, 0.6) is 0 Å². The van der Waals surface area contributed by atoms with E-state index in [1.807, 2.05) is 25.1 Å². The molecule has 3 fully saturated rings. The van der Waals surface area contributed by atoms with Crippen molar-refractivity contribution in [3.05, 3.63) is 76.9 Å². The molecule has 1 saturated carbocycles. The fraction of sp³-hybridized carbons (Fsp3) is 0.432. The van der Waals surface area contributed by atoms with Gasteiger partial charge in [0.15, 0.2) is 0 Å².